The number of hydrogen-bond acceptors (Lipinski definition) is 7. The van der Waals surface area contributed by atoms with E-state index in [0.29, 0.717) is 42.4 Å². The summed E-state index contributed by atoms with van der Waals surface area (Å²) in [4.78, 5) is 37.1. The van der Waals surface area contributed by atoms with Crippen molar-refractivity contribution in [1.29, 1.82) is 0 Å². The summed E-state index contributed by atoms with van der Waals surface area (Å²) in [6, 6.07) is 6.82. The van der Waals surface area contributed by atoms with Gasteiger partial charge in [0.05, 0.1) is 19.1 Å². The minimum absolute atomic E-state index is 0.0181. The molecule has 32 heavy (non-hydrogen) atoms. The average Bonchev–Trinajstić information content (AvgIpc) is 3.09. The number of nitrogens with zero attached hydrogens (tertiary/aromatic N) is 1. The molecule has 3 rings (SSSR count). The van der Waals surface area contributed by atoms with Crippen molar-refractivity contribution in [2.24, 2.45) is 0 Å². The maximum atomic E-state index is 12.6. The molecule has 172 valence electrons. The lowest BCUT2D eigenvalue weighted by Crippen LogP contribution is -2.17. The maximum absolute atomic E-state index is 12.6. The maximum Gasteiger partial charge on any atom is 0.306 e. The van der Waals surface area contributed by atoms with Gasteiger partial charge in [0.2, 0.25) is 5.78 Å². The summed E-state index contributed by atoms with van der Waals surface area (Å²) < 4.78 is 23.3. The molecule has 1 atom stereocenters. The van der Waals surface area contributed by atoms with Gasteiger partial charge in [-0.3, -0.25) is 14.4 Å². The van der Waals surface area contributed by atoms with Crippen LogP contribution in [0.2, 0.25) is 0 Å². The molecule has 0 amide bonds. The quantitative estimate of drug-likeness (QED) is 0.410. The third kappa shape index (κ3) is 5.37. The van der Waals surface area contributed by atoms with Gasteiger partial charge in [-0.1, -0.05) is 0 Å². The predicted octanol–water partition coefficient (Wildman–Crippen LogP) is 3.47. The Kier molecular flexibility index (Phi) is 7.69. The Bertz CT molecular complexity index is 1010. The summed E-state index contributed by atoms with van der Waals surface area (Å²) in [7, 11) is 1.63. The Hall–Kier alpha value is -3.13. The van der Waals surface area contributed by atoms with E-state index >= 15 is 0 Å². The second kappa shape index (κ2) is 10.5. The first-order valence-corrected chi connectivity index (χ1v) is 10.6. The number of ketones is 2. The number of carbonyl (C=O) groups excluding carboxylic acids is 3. The van der Waals surface area contributed by atoms with Crippen molar-refractivity contribution in [3.63, 3.8) is 0 Å². The standard InChI is InChI=1S/C24H29NO7/c1-15-11-19(17(3)25(15)16(2)13-29-4)21(27)14-32-24(28)8-6-20(26)18-5-7-22-23(12-18)31-10-9-30-22/h5,7,11-12,16H,6,8-10,13-14H2,1-4H3. The third-order valence-corrected chi connectivity index (χ3v) is 5.42. The molecule has 0 N–H and O–H groups in total. The molecule has 0 saturated heterocycles. The van der Waals surface area contributed by atoms with Crippen LogP contribution >= 0.6 is 0 Å². The van der Waals surface area contributed by atoms with E-state index in [2.05, 4.69) is 0 Å². The third-order valence-electron chi connectivity index (χ3n) is 5.42. The minimum Gasteiger partial charge on any atom is -0.486 e. The van der Waals surface area contributed by atoms with Crippen LogP contribution in [0.5, 0.6) is 11.5 Å². The van der Waals surface area contributed by atoms with E-state index in [1.807, 2.05) is 25.3 Å². The van der Waals surface area contributed by atoms with Crippen molar-refractivity contribution in [3.8, 4) is 11.5 Å². The number of ether oxygens (including phenoxy) is 4. The Morgan fingerprint density at radius 3 is 2.47 bits per heavy atom. The normalized spacial score (nSPS) is 13.5. The highest BCUT2D eigenvalue weighted by Gasteiger charge is 2.21. The zero-order valence-electron chi connectivity index (χ0n) is 18.9. The molecule has 8 nitrogen and oxygen atoms in total. The van der Waals surface area contributed by atoms with Crippen molar-refractivity contribution in [1.82, 2.24) is 4.57 Å². The van der Waals surface area contributed by atoms with E-state index in [9.17, 15) is 14.4 Å². The number of esters is 1. The molecule has 8 heteroatoms. The van der Waals surface area contributed by atoms with Crippen LogP contribution in [0.3, 0.4) is 0 Å². The summed E-state index contributed by atoms with van der Waals surface area (Å²) in [5.41, 5.74) is 2.70. The van der Waals surface area contributed by atoms with Crippen LogP contribution in [0.1, 0.15) is 57.9 Å². The average molecular weight is 443 g/mol. The highest BCUT2D eigenvalue weighted by Crippen LogP contribution is 2.31. The van der Waals surface area contributed by atoms with Gasteiger partial charge in [0.1, 0.15) is 13.2 Å². The van der Waals surface area contributed by atoms with Crippen LogP contribution in [-0.2, 0) is 14.3 Å². The highest BCUT2D eigenvalue weighted by molar-refractivity contribution is 6.00. The molecule has 1 unspecified atom stereocenters. The smallest absolute Gasteiger partial charge is 0.306 e. The number of rotatable bonds is 10. The molecule has 1 aliphatic rings. The number of Topliss-reactive ketones (excluding diaryl/α,β-unsaturated/α-hetero) is 2. The van der Waals surface area contributed by atoms with Gasteiger partial charge in [0, 0.05) is 36.0 Å². The predicted molar refractivity (Wildman–Crippen MR) is 117 cm³/mol. The number of benzene rings is 1. The lowest BCUT2D eigenvalue weighted by molar-refractivity contribution is -0.142. The van der Waals surface area contributed by atoms with Crippen LogP contribution in [0.15, 0.2) is 24.3 Å². The molecule has 2 aromatic rings. The van der Waals surface area contributed by atoms with Gasteiger partial charge in [0.15, 0.2) is 23.9 Å². The van der Waals surface area contributed by atoms with Crippen LogP contribution in [-0.4, -0.2) is 55.6 Å². The second-order valence-corrected chi connectivity index (χ2v) is 7.82. The molecular formula is C24H29NO7. The molecule has 0 bridgehead atoms. The van der Waals surface area contributed by atoms with Crippen molar-refractivity contribution in [2.75, 3.05) is 33.5 Å². The van der Waals surface area contributed by atoms with E-state index in [-0.39, 0.29) is 37.1 Å². The first kappa shape index (κ1) is 23.5. The fraction of sp³-hybridized carbons (Fsp3) is 0.458. The molecule has 0 aliphatic carbocycles. The fourth-order valence-corrected chi connectivity index (χ4v) is 3.93. The van der Waals surface area contributed by atoms with Crippen molar-refractivity contribution in [3.05, 3.63) is 46.8 Å². The zero-order valence-corrected chi connectivity index (χ0v) is 18.9. The topological polar surface area (TPSA) is 93.1 Å². The van der Waals surface area contributed by atoms with E-state index in [0.717, 1.165) is 11.4 Å². The van der Waals surface area contributed by atoms with E-state index in [1.54, 1.807) is 31.4 Å². The van der Waals surface area contributed by atoms with E-state index < -0.39 is 5.97 Å². The van der Waals surface area contributed by atoms with Gasteiger partial charge in [-0.2, -0.15) is 0 Å². The molecule has 1 aromatic heterocycles. The Labute approximate surface area is 187 Å². The molecular weight excluding hydrogens is 414 g/mol. The fourth-order valence-electron chi connectivity index (χ4n) is 3.93. The summed E-state index contributed by atoms with van der Waals surface area (Å²) in [5, 5.41) is 0. The number of carbonyl (C=O) groups is 3. The van der Waals surface area contributed by atoms with Crippen LogP contribution in [0.25, 0.3) is 0 Å². The Morgan fingerprint density at radius 2 is 1.75 bits per heavy atom. The molecule has 2 heterocycles. The first-order chi connectivity index (χ1) is 15.3. The number of fused-ring (bicyclic) bond motifs is 1. The van der Waals surface area contributed by atoms with Gasteiger partial charge < -0.3 is 23.5 Å². The zero-order chi connectivity index (χ0) is 23.3. The summed E-state index contributed by atoms with van der Waals surface area (Å²) >= 11 is 0. The number of methoxy groups -OCH3 is 1. The van der Waals surface area contributed by atoms with E-state index in [4.69, 9.17) is 18.9 Å². The number of hydrogen-bond donors (Lipinski definition) is 0. The first-order valence-electron chi connectivity index (χ1n) is 10.6. The number of aromatic nitrogens is 1. The monoisotopic (exact) mass is 443 g/mol. The van der Waals surface area contributed by atoms with Crippen molar-refractivity contribution < 1.29 is 33.3 Å². The van der Waals surface area contributed by atoms with Crippen LogP contribution in [0, 0.1) is 13.8 Å². The molecule has 0 radical (unpaired) electrons. The lowest BCUT2D eigenvalue weighted by atomic mass is 10.1. The molecule has 1 aromatic carbocycles. The summed E-state index contributed by atoms with van der Waals surface area (Å²) in [6.45, 7) is 6.86. The van der Waals surface area contributed by atoms with Crippen molar-refractivity contribution in [2.45, 2.75) is 39.7 Å². The van der Waals surface area contributed by atoms with Crippen molar-refractivity contribution >= 4 is 17.5 Å². The molecule has 0 saturated carbocycles. The van der Waals surface area contributed by atoms with Gasteiger partial charge in [-0.25, -0.2) is 0 Å². The van der Waals surface area contributed by atoms with Gasteiger partial charge >= 0.3 is 5.97 Å². The van der Waals surface area contributed by atoms with Gasteiger partial charge in [-0.15, -0.1) is 0 Å². The summed E-state index contributed by atoms with van der Waals surface area (Å²) in [5.74, 6) is 0.0431. The van der Waals surface area contributed by atoms with Crippen LogP contribution < -0.4 is 9.47 Å². The lowest BCUT2D eigenvalue weighted by Gasteiger charge is -2.18. The van der Waals surface area contributed by atoms with Gasteiger partial charge in [-0.05, 0) is 45.0 Å². The molecule has 1 aliphatic heterocycles. The van der Waals surface area contributed by atoms with Gasteiger partial charge in [0.25, 0.3) is 0 Å². The Morgan fingerprint density at radius 1 is 1.03 bits per heavy atom. The summed E-state index contributed by atoms with van der Waals surface area (Å²) in [6.07, 6.45) is -0.125. The second-order valence-electron chi connectivity index (χ2n) is 7.82. The minimum atomic E-state index is -0.592. The van der Waals surface area contributed by atoms with E-state index in [1.165, 1.54) is 0 Å². The largest absolute Gasteiger partial charge is 0.486 e. The highest BCUT2D eigenvalue weighted by atomic mass is 16.6. The molecule has 0 spiro atoms. The number of aryl methyl sites for hydroxylation is 1. The van der Waals surface area contributed by atoms with Crippen LogP contribution in [0.4, 0.5) is 0 Å². The SMILES string of the molecule is COCC(C)n1c(C)cc(C(=O)COC(=O)CCC(=O)c2ccc3c(c2)OCCO3)c1C. The molecule has 0 fully saturated rings. The Balaban J connectivity index is 1.51.